The van der Waals surface area contributed by atoms with Gasteiger partial charge in [-0.1, -0.05) is 30.4 Å². The van der Waals surface area contributed by atoms with Gasteiger partial charge in [-0.3, -0.25) is 9.59 Å². The van der Waals surface area contributed by atoms with E-state index in [0.717, 1.165) is 30.5 Å². The Kier molecular flexibility index (Phi) is 10.4. The molecule has 1 amide bonds. The second-order valence-electron chi connectivity index (χ2n) is 7.71. The number of carbonyl (C=O) groups excluding carboxylic acids is 2. The van der Waals surface area contributed by atoms with Gasteiger partial charge in [0.2, 0.25) is 5.91 Å². The van der Waals surface area contributed by atoms with Crippen molar-refractivity contribution in [3.8, 4) is 5.75 Å². The first kappa shape index (κ1) is 26.4. The van der Waals surface area contributed by atoms with Crippen molar-refractivity contribution in [1.82, 2.24) is 5.32 Å². The zero-order valence-corrected chi connectivity index (χ0v) is 18.7. The van der Waals surface area contributed by atoms with Crippen LogP contribution in [0.15, 0.2) is 59.7 Å². The number of unbranched alkanes of at least 4 members (excludes halogenated alkanes) is 1. The molecule has 2 N–H and O–H groups in total. The van der Waals surface area contributed by atoms with Crippen LogP contribution in [0.3, 0.4) is 0 Å². The van der Waals surface area contributed by atoms with E-state index >= 15 is 0 Å². The first-order valence-electron chi connectivity index (χ1n) is 11.0. The van der Waals surface area contributed by atoms with Crippen LogP contribution >= 0.6 is 0 Å². The van der Waals surface area contributed by atoms with Gasteiger partial charge in [0.15, 0.2) is 5.78 Å². The van der Waals surface area contributed by atoms with Gasteiger partial charge < -0.3 is 15.2 Å². The van der Waals surface area contributed by atoms with Gasteiger partial charge in [-0.2, -0.15) is 13.2 Å². The van der Waals surface area contributed by atoms with Gasteiger partial charge in [-0.25, -0.2) is 0 Å². The number of hydrogen-bond donors (Lipinski definition) is 2. The fourth-order valence-corrected chi connectivity index (χ4v) is 3.37. The fourth-order valence-electron chi connectivity index (χ4n) is 3.37. The number of rotatable bonds is 12. The molecule has 1 atom stereocenters. The van der Waals surface area contributed by atoms with Crippen molar-refractivity contribution in [3.05, 3.63) is 65.3 Å². The van der Waals surface area contributed by atoms with Gasteiger partial charge in [0.05, 0.1) is 5.56 Å². The molecule has 1 aliphatic rings. The van der Waals surface area contributed by atoms with E-state index in [0.29, 0.717) is 37.8 Å². The summed E-state index contributed by atoms with van der Waals surface area (Å²) in [6.07, 6.45) is 4.96. The van der Waals surface area contributed by atoms with Crippen molar-refractivity contribution < 1.29 is 32.6 Å². The number of Topliss-reactive ketones (excluding diaryl/α,β-unsaturated/α-hetero) is 1. The van der Waals surface area contributed by atoms with E-state index in [9.17, 15) is 27.9 Å². The van der Waals surface area contributed by atoms with Gasteiger partial charge in [0.25, 0.3) is 0 Å². The Balaban J connectivity index is 1.85. The smallest absolute Gasteiger partial charge is 0.416 e. The zero-order chi connectivity index (χ0) is 24.3. The minimum Gasteiger partial charge on any atom is -0.491 e. The lowest BCUT2D eigenvalue weighted by atomic mass is 10.1. The summed E-state index contributed by atoms with van der Waals surface area (Å²) in [5.74, 6) is 0.115. The van der Waals surface area contributed by atoms with Crippen molar-refractivity contribution in [3.63, 3.8) is 0 Å². The number of hydrogen-bond acceptors (Lipinski definition) is 4. The third-order valence-electron chi connectivity index (χ3n) is 5.08. The predicted molar refractivity (Wildman–Crippen MR) is 120 cm³/mol. The molecule has 0 spiro atoms. The average Bonchev–Trinajstić information content (AvgIpc) is 3.12. The number of allylic oxidation sites excluding steroid dienone is 5. The molecule has 1 aliphatic carbocycles. The van der Waals surface area contributed by atoms with Crippen LogP contribution in [0.4, 0.5) is 13.2 Å². The third-order valence-corrected chi connectivity index (χ3v) is 5.08. The summed E-state index contributed by atoms with van der Waals surface area (Å²) in [7, 11) is 0. The van der Waals surface area contributed by atoms with Gasteiger partial charge in [-0.05, 0) is 56.4 Å². The second kappa shape index (κ2) is 13.0. The van der Waals surface area contributed by atoms with Crippen molar-refractivity contribution in [2.75, 3.05) is 13.2 Å². The minimum atomic E-state index is -4.46. The van der Waals surface area contributed by atoms with E-state index in [-0.39, 0.29) is 24.0 Å². The molecule has 180 valence electrons. The maximum absolute atomic E-state index is 12.8. The average molecular weight is 466 g/mol. The number of nitrogens with one attached hydrogen (secondary N) is 1. The Hall–Kier alpha value is -2.87. The number of alkyl halides is 3. The highest BCUT2D eigenvalue weighted by Gasteiger charge is 2.30. The fraction of sp³-hybridized carbons (Fsp3) is 0.440. The van der Waals surface area contributed by atoms with Crippen LogP contribution in [0, 0.1) is 0 Å². The van der Waals surface area contributed by atoms with Gasteiger partial charge >= 0.3 is 6.18 Å². The monoisotopic (exact) mass is 465 g/mol. The Labute approximate surface area is 192 Å². The van der Waals surface area contributed by atoms with Crippen molar-refractivity contribution in [2.24, 2.45) is 0 Å². The SMILES string of the molecule is CCNC(=O)CCCC=CCC1=C(/C=C/[C@@H](O)COc2cccc(C(F)(F)F)c2)CCC1=O. The first-order chi connectivity index (χ1) is 15.7. The Morgan fingerprint density at radius 1 is 1.27 bits per heavy atom. The molecule has 0 unspecified atom stereocenters. The summed E-state index contributed by atoms with van der Waals surface area (Å²) < 4.78 is 43.6. The van der Waals surface area contributed by atoms with E-state index in [4.69, 9.17) is 4.74 Å². The van der Waals surface area contributed by atoms with Crippen molar-refractivity contribution in [1.29, 1.82) is 0 Å². The molecule has 0 saturated carbocycles. The van der Waals surface area contributed by atoms with Crippen LogP contribution in [-0.2, 0) is 15.8 Å². The van der Waals surface area contributed by atoms with Gasteiger partial charge in [0.1, 0.15) is 18.5 Å². The lowest BCUT2D eigenvalue weighted by Gasteiger charge is -2.12. The summed E-state index contributed by atoms with van der Waals surface area (Å²) in [5.41, 5.74) is 0.712. The molecule has 2 rings (SSSR count). The quantitative estimate of drug-likeness (QED) is 0.340. The lowest BCUT2D eigenvalue weighted by Crippen LogP contribution is -2.21. The van der Waals surface area contributed by atoms with Gasteiger partial charge in [-0.15, -0.1) is 0 Å². The third kappa shape index (κ3) is 9.26. The Morgan fingerprint density at radius 2 is 2.06 bits per heavy atom. The topological polar surface area (TPSA) is 75.6 Å². The molecule has 0 radical (unpaired) electrons. The minimum absolute atomic E-state index is 0.0190. The molecule has 8 heteroatoms. The number of aliphatic hydroxyl groups excluding tert-OH is 1. The van der Waals surface area contributed by atoms with Crippen LogP contribution in [0.1, 0.15) is 51.0 Å². The highest BCUT2D eigenvalue weighted by Crippen LogP contribution is 2.31. The number of ketones is 1. The van der Waals surface area contributed by atoms with Crippen LogP contribution < -0.4 is 10.1 Å². The lowest BCUT2D eigenvalue weighted by molar-refractivity contribution is -0.137. The molecule has 1 aromatic carbocycles. The normalized spacial score (nSPS) is 15.6. The molecule has 0 fully saturated rings. The van der Waals surface area contributed by atoms with Crippen LogP contribution in [0.2, 0.25) is 0 Å². The maximum Gasteiger partial charge on any atom is 0.416 e. The van der Waals surface area contributed by atoms with Crippen LogP contribution in [0.25, 0.3) is 0 Å². The molecule has 1 aromatic rings. The second-order valence-corrected chi connectivity index (χ2v) is 7.71. The number of halogens is 3. The molecular weight excluding hydrogens is 435 g/mol. The van der Waals surface area contributed by atoms with Crippen molar-refractivity contribution in [2.45, 2.75) is 57.7 Å². The largest absolute Gasteiger partial charge is 0.491 e. The standard InChI is InChI=1S/C25H30F3NO4/c1-2-29-24(32)11-6-4-3-5-10-22-18(13-15-23(22)31)12-14-20(30)17-33-21-9-7-8-19(16-21)25(26,27)28/h3,5,7-9,12,14,16,20,30H,2,4,6,10-11,13,15,17H2,1H3,(H,29,32)/b5-3?,14-12+/t20-/m1/s1. The zero-order valence-electron chi connectivity index (χ0n) is 18.7. The van der Waals surface area contributed by atoms with Crippen molar-refractivity contribution >= 4 is 11.7 Å². The highest BCUT2D eigenvalue weighted by atomic mass is 19.4. The highest BCUT2D eigenvalue weighted by molar-refractivity contribution is 5.99. The molecule has 0 saturated heterocycles. The number of carbonyl (C=O) groups is 2. The number of amides is 1. The molecule has 0 heterocycles. The number of ether oxygens (including phenoxy) is 1. The molecule has 0 aromatic heterocycles. The molecule has 33 heavy (non-hydrogen) atoms. The molecule has 5 nitrogen and oxygen atoms in total. The Bertz CT molecular complexity index is 903. The summed E-state index contributed by atoms with van der Waals surface area (Å²) >= 11 is 0. The first-order valence-corrected chi connectivity index (χ1v) is 11.0. The van der Waals surface area contributed by atoms with E-state index in [1.807, 2.05) is 19.1 Å². The molecular formula is C25H30F3NO4. The summed E-state index contributed by atoms with van der Waals surface area (Å²) in [6, 6.07) is 4.47. The van der Waals surface area contributed by atoms with E-state index in [2.05, 4.69) is 5.32 Å². The van der Waals surface area contributed by atoms with Crippen LogP contribution in [0.5, 0.6) is 5.75 Å². The molecule has 0 bridgehead atoms. The van der Waals surface area contributed by atoms with Crippen LogP contribution in [-0.4, -0.2) is 36.1 Å². The van der Waals surface area contributed by atoms with E-state index in [1.165, 1.54) is 18.2 Å². The summed E-state index contributed by atoms with van der Waals surface area (Å²) in [6.45, 7) is 2.28. The maximum atomic E-state index is 12.8. The van der Waals surface area contributed by atoms with E-state index in [1.54, 1.807) is 6.08 Å². The number of aliphatic hydroxyl groups is 1. The molecule has 0 aliphatic heterocycles. The Morgan fingerprint density at radius 3 is 2.79 bits per heavy atom. The number of benzene rings is 1. The summed E-state index contributed by atoms with van der Waals surface area (Å²) in [5, 5.41) is 12.9. The summed E-state index contributed by atoms with van der Waals surface area (Å²) in [4.78, 5) is 23.6. The predicted octanol–water partition coefficient (Wildman–Crippen LogP) is 4.91. The van der Waals surface area contributed by atoms with E-state index < -0.39 is 17.8 Å². The van der Waals surface area contributed by atoms with Gasteiger partial charge in [0, 0.05) is 25.0 Å².